The molecule has 0 aliphatic heterocycles. The molecular formula is C27H25FN6O2. The van der Waals surface area contributed by atoms with Crippen molar-refractivity contribution in [3.05, 3.63) is 90.6 Å². The molecule has 4 rings (SSSR count). The van der Waals surface area contributed by atoms with Gasteiger partial charge in [0, 0.05) is 34.5 Å². The number of hydrogen-bond donors (Lipinski definition) is 3. The number of aromatic nitrogens is 3. The van der Waals surface area contributed by atoms with Crippen LogP contribution in [0.2, 0.25) is 0 Å². The molecular weight excluding hydrogens is 459 g/mol. The number of pyridine rings is 3. The second-order valence-electron chi connectivity index (χ2n) is 9.06. The van der Waals surface area contributed by atoms with E-state index in [0.717, 1.165) is 0 Å². The molecule has 3 N–H and O–H groups in total. The number of benzene rings is 1. The second-order valence-corrected chi connectivity index (χ2v) is 9.06. The van der Waals surface area contributed by atoms with Crippen molar-refractivity contribution in [1.82, 2.24) is 15.0 Å². The Balaban J connectivity index is 1.47. The fourth-order valence-corrected chi connectivity index (χ4v) is 3.20. The Hall–Kier alpha value is -4.66. The van der Waals surface area contributed by atoms with E-state index in [1.54, 1.807) is 54.6 Å². The highest BCUT2D eigenvalue weighted by molar-refractivity contribution is 6.04. The first-order chi connectivity index (χ1) is 17.2. The summed E-state index contributed by atoms with van der Waals surface area (Å²) in [6, 6.07) is 16.3. The predicted molar refractivity (Wildman–Crippen MR) is 137 cm³/mol. The van der Waals surface area contributed by atoms with Crippen molar-refractivity contribution >= 4 is 35.0 Å². The van der Waals surface area contributed by atoms with Crippen LogP contribution in [-0.2, 0) is 4.79 Å². The Kier molecular flexibility index (Phi) is 7.00. The summed E-state index contributed by atoms with van der Waals surface area (Å²) in [7, 11) is 0. The summed E-state index contributed by atoms with van der Waals surface area (Å²) < 4.78 is 14.1. The van der Waals surface area contributed by atoms with E-state index in [1.165, 1.54) is 24.7 Å². The number of nitrogens with zero attached hydrogens (tertiary/aromatic N) is 3. The summed E-state index contributed by atoms with van der Waals surface area (Å²) in [6.45, 7) is 5.45. The molecule has 0 unspecified atom stereocenters. The van der Waals surface area contributed by atoms with Crippen LogP contribution in [-0.4, -0.2) is 26.8 Å². The Morgan fingerprint density at radius 3 is 2.42 bits per heavy atom. The van der Waals surface area contributed by atoms with Gasteiger partial charge in [0.05, 0.1) is 11.9 Å². The molecule has 3 aromatic heterocycles. The van der Waals surface area contributed by atoms with E-state index in [2.05, 4.69) is 30.9 Å². The summed E-state index contributed by atoms with van der Waals surface area (Å²) in [5.41, 5.74) is 1.16. The number of rotatable bonds is 6. The van der Waals surface area contributed by atoms with Crippen molar-refractivity contribution in [2.75, 3.05) is 16.0 Å². The number of hydrogen-bond acceptors (Lipinski definition) is 6. The topological polar surface area (TPSA) is 109 Å². The highest BCUT2D eigenvalue weighted by atomic mass is 19.1. The molecule has 0 atom stereocenters. The highest BCUT2D eigenvalue weighted by Gasteiger charge is 2.21. The van der Waals surface area contributed by atoms with Crippen LogP contribution in [0.3, 0.4) is 0 Å². The van der Waals surface area contributed by atoms with E-state index in [0.29, 0.717) is 39.8 Å². The molecule has 0 bridgehead atoms. The molecule has 3 heterocycles. The van der Waals surface area contributed by atoms with Crippen LogP contribution in [0.25, 0.3) is 11.1 Å². The van der Waals surface area contributed by atoms with Gasteiger partial charge in [-0.05, 0) is 36.4 Å². The zero-order valence-electron chi connectivity index (χ0n) is 20.0. The Morgan fingerprint density at radius 2 is 1.64 bits per heavy atom. The lowest BCUT2D eigenvalue weighted by Gasteiger charge is -2.17. The van der Waals surface area contributed by atoms with Crippen molar-refractivity contribution in [3.8, 4) is 11.1 Å². The summed E-state index contributed by atoms with van der Waals surface area (Å²) in [6.07, 6.45) is 4.52. The first-order valence-electron chi connectivity index (χ1n) is 11.2. The molecule has 0 fully saturated rings. The monoisotopic (exact) mass is 484 g/mol. The molecule has 182 valence electrons. The number of nitrogens with one attached hydrogen (secondary N) is 3. The maximum Gasteiger partial charge on any atom is 0.255 e. The molecule has 36 heavy (non-hydrogen) atoms. The Morgan fingerprint density at radius 1 is 0.861 bits per heavy atom. The van der Waals surface area contributed by atoms with E-state index < -0.39 is 5.41 Å². The summed E-state index contributed by atoms with van der Waals surface area (Å²) in [5.74, 6) is 0.338. The van der Waals surface area contributed by atoms with Crippen molar-refractivity contribution in [1.29, 1.82) is 0 Å². The first kappa shape index (κ1) is 24.5. The van der Waals surface area contributed by atoms with Gasteiger partial charge in [0.15, 0.2) is 0 Å². The van der Waals surface area contributed by atoms with E-state index in [4.69, 9.17) is 0 Å². The fourth-order valence-electron chi connectivity index (χ4n) is 3.20. The summed E-state index contributed by atoms with van der Waals surface area (Å²) in [4.78, 5) is 37.9. The maximum atomic E-state index is 14.1. The SMILES string of the molecule is CC(C)(C)C(=O)Nc1cccc(Nc2cc(C(=O)Nc3cncc(-c4ccccc4F)c3)ccn2)n1. The Labute approximate surface area is 208 Å². The van der Waals surface area contributed by atoms with Gasteiger partial charge in [-0.15, -0.1) is 0 Å². The Bertz CT molecular complexity index is 1420. The third-order valence-corrected chi connectivity index (χ3v) is 5.13. The zero-order chi connectivity index (χ0) is 25.7. The van der Waals surface area contributed by atoms with E-state index >= 15 is 0 Å². The van der Waals surface area contributed by atoms with Crippen molar-refractivity contribution in [2.24, 2.45) is 5.41 Å². The molecule has 0 aliphatic carbocycles. The largest absolute Gasteiger partial charge is 0.325 e. The van der Waals surface area contributed by atoms with Crippen LogP contribution in [0.4, 0.5) is 27.5 Å². The standard InChI is InChI=1S/C27H25FN6O2/c1-27(2,3)26(36)34-23-10-6-9-22(32-23)33-24-14-17(11-12-30-24)25(35)31-19-13-18(15-29-16-19)20-7-4-5-8-21(20)28/h4-16H,1-3H3,(H,31,35)(H2,30,32,33,34,36). The van der Waals surface area contributed by atoms with Crippen molar-refractivity contribution in [3.63, 3.8) is 0 Å². The van der Waals surface area contributed by atoms with Crippen LogP contribution in [0, 0.1) is 11.2 Å². The molecule has 0 spiro atoms. The zero-order valence-corrected chi connectivity index (χ0v) is 20.0. The smallest absolute Gasteiger partial charge is 0.255 e. The number of carbonyl (C=O) groups excluding carboxylic acids is 2. The molecule has 8 nitrogen and oxygen atoms in total. The third kappa shape index (κ3) is 6.06. The second kappa shape index (κ2) is 10.3. The van der Waals surface area contributed by atoms with Gasteiger partial charge in [-0.1, -0.05) is 45.0 Å². The van der Waals surface area contributed by atoms with E-state index in [-0.39, 0.29) is 17.6 Å². The minimum Gasteiger partial charge on any atom is -0.325 e. The van der Waals surface area contributed by atoms with Crippen LogP contribution in [0.1, 0.15) is 31.1 Å². The molecule has 4 aromatic rings. The third-order valence-electron chi connectivity index (χ3n) is 5.13. The molecule has 0 aliphatic rings. The predicted octanol–water partition coefficient (Wildman–Crippen LogP) is 5.66. The number of carbonyl (C=O) groups is 2. The van der Waals surface area contributed by atoms with Gasteiger partial charge in [-0.2, -0.15) is 0 Å². The first-order valence-corrected chi connectivity index (χ1v) is 11.2. The minimum atomic E-state index is -0.557. The summed E-state index contributed by atoms with van der Waals surface area (Å²) in [5, 5.41) is 8.61. The normalized spacial score (nSPS) is 11.0. The molecule has 0 saturated carbocycles. The van der Waals surface area contributed by atoms with Gasteiger partial charge in [0.25, 0.3) is 5.91 Å². The lowest BCUT2D eigenvalue weighted by molar-refractivity contribution is -0.123. The maximum absolute atomic E-state index is 14.1. The number of amides is 2. The lowest BCUT2D eigenvalue weighted by Crippen LogP contribution is -2.28. The van der Waals surface area contributed by atoms with E-state index in [9.17, 15) is 14.0 Å². The van der Waals surface area contributed by atoms with Gasteiger partial charge in [-0.3, -0.25) is 14.6 Å². The van der Waals surface area contributed by atoms with Gasteiger partial charge < -0.3 is 16.0 Å². The van der Waals surface area contributed by atoms with Gasteiger partial charge in [-0.25, -0.2) is 14.4 Å². The number of anilines is 4. The highest BCUT2D eigenvalue weighted by Crippen LogP contribution is 2.25. The quantitative estimate of drug-likeness (QED) is 0.326. The van der Waals surface area contributed by atoms with E-state index in [1.807, 2.05) is 20.8 Å². The average molecular weight is 485 g/mol. The number of halogens is 1. The van der Waals surface area contributed by atoms with Gasteiger partial charge in [0.1, 0.15) is 23.3 Å². The molecule has 0 saturated heterocycles. The fraction of sp³-hybridized carbons (Fsp3) is 0.148. The van der Waals surface area contributed by atoms with Gasteiger partial charge >= 0.3 is 0 Å². The molecule has 2 amide bonds. The lowest BCUT2D eigenvalue weighted by atomic mass is 9.96. The average Bonchev–Trinajstić information content (AvgIpc) is 2.84. The molecule has 0 radical (unpaired) electrons. The molecule has 9 heteroatoms. The van der Waals surface area contributed by atoms with Crippen molar-refractivity contribution < 1.29 is 14.0 Å². The van der Waals surface area contributed by atoms with Crippen LogP contribution in [0.15, 0.2) is 79.3 Å². The van der Waals surface area contributed by atoms with Crippen LogP contribution >= 0.6 is 0 Å². The van der Waals surface area contributed by atoms with Crippen molar-refractivity contribution in [2.45, 2.75) is 20.8 Å². The van der Waals surface area contributed by atoms with Crippen LogP contribution < -0.4 is 16.0 Å². The van der Waals surface area contributed by atoms with Gasteiger partial charge in [0.2, 0.25) is 5.91 Å². The minimum absolute atomic E-state index is 0.155. The molecule has 1 aromatic carbocycles. The van der Waals surface area contributed by atoms with Crippen LogP contribution in [0.5, 0.6) is 0 Å². The summed E-state index contributed by atoms with van der Waals surface area (Å²) >= 11 is 0.